The summed E-state index contributed by atoms with van der Waals surface area (Å²) >= 11 is 0. The first-order valence-corrected chi connectivity index (χ1v) is 12.2. The standard InChI is InChI=1S/C28H34N4O4/c1-18(2)15-31(27(34)20-9-12-22-23(13-20)36-17-35-22)16-26(33)29-25-14-24(28(4,5)6)30-32(25)21-10-7-19(3)8-11-21/h7-14,18H,15-17H2,1-6H3,(H,29,33). The zero-order valence-electron chi connectivity index (χ0n) is 21.8. The van der Waals surface area contributed by atoms with Crippen molar-refractivity contribution in [1.29, 1.82) is 0 Å². The van der Waals surface area contributed by atoms with E-state index in [0.29, 0.717) is 29.4 Å². The SMILES string of the molecule is Cc1ccc(-n2nc(C(C)(C)C)cc2NC(=O)CN(CC(C)C)C(=O)c2ccc3c(c2)OCO3)cc1. The zero-order valence-corrected chi connectivity index (χ0v) is 21.8. The maximum absolute atomic E-state index is 13.4. The van der Waals surface area contributed by atoms with Gasteiger partial charge < -0.3 is 19.7 Å². The molecule has 0 radical (unpaired) electrons. The van der Waals surface area contributed by atoms with Crippen molar-refractivity contribution in [3.05, 3.63) is 65.4 Å². The van der Waals surface area contributed by atoms with Crippen molar-refractivity contribution in [2.45, 2.75) is 47.0 Å². The molecule has 0 bridgehead atoms. The van der Waals surface area contributed by atoms with Crippen molar-refractivity contribution in [1.82, 2.24) is 14.7 Å². The van der Waals surface area contributed by atoms with Gasteiger partial charge in [-0.05, 0) is 43.2 Å². The van der Waals surface area contributed by atoms with E-state index in [-0.39, 0.29) is 36.5 Å². The highest BCUT2D eigenvalue weighted by atomic mass is 16.7. The number of nitrogens with one attached hydrogen (secondary N) is 1. The Kier molecular flexibility index (Phi) is 7.06. The lowest BCUT2D eigenvalue weighted by Gasteiger charge is -2.24. The van der Waals surface area contributed by atoms with Crippen molar-refractivity contribution in [3.8, 4) is 17.2 Å². The van der Waals surface area contributed by atoms with E-state index in [4.69, 9.17) is 14.6 Å². The Morgan fingerprint density at radius 3 is 2.42 bits per heavy atom. The van der Waals surface area contributed by atoms with Gasteiger partial charge in [0, 0.05) is 23.6 Å². The lowest BCUT2D eigenvalue weighted by atomic mass is 9.92. The van der Waals surface area contributed by atoms with E-state index < -0.39 is 0 Å². The van der Waals surface area contributed by atoms with Crippen LogP contribution in [0.3, 0.4) is 0 Å². The Bertz CT molecular complexity index is 1260. The van der Waals surface area contributed by atoms with Gasteiger partial charge in [-0.15, -0.1) is 0 Å². The molecule has 2 heterocycles. The fourth-order valence-electron chi connectivity index (χ4n) is 3.95. The summed E-state index contributed by atoms with van der Waals surface area (Å²) in [7, 11) is 0. The third-order valence-corrected chi connectivity index (χ3v) is 5.85. The first-order chi connectivity index (χ1) is 17.0. The number of anilines is 1. The minimum absolute atomic E-state index is 0.0879. The first-order valence-electron chi connectivity index (χ1n) is 12.2. The summed E-state index contributed by atoms with van der Waals surface area (Å²) in [6.07, 6.45) is 0. The Balaban J connectivity index is 1.57. The molecule has 4 rings (SSSR count). The molecule has 8 nitrogen and oxygen atoms in total. The lowest BCUT2D eigenvalue weighted by Crippen LogP contribution is -2.40. The van der Waals surface area contributed by atoms with Gasteiger partial charge in [0.15, 0.2) is 11.5 Å². The fourth-order valence-corrected chi connectivity index (χ4v) is 3.95. The predicted molar refractivity (Wildman–Crippen MR) is 139 cm³/mol. The number of carbonyl (C=O) groups excluding carboxylic acids is 2. The summed E-state index contributed by atoms with van der Waals surface area (Å²) in [4.78, 5) is 28.2. The molecule has 2 aromatic carbocycles. The number of aromatic nitrogens is 2. The molecule has 8 heteroatoms. The molecule has 1 aliphatic rings. The minimum Gasteiger partial charge on any atom is -0.454 e. The summed E-state index contributed by atoms with van der Waals surface area (Å²) in [5.41, 5.74) is 3.09. The van der Waals surface area contributed by atoms with E-state index in [1.165, 1.54) is 0 Å². The normalized spacial score (nSPS) is 12.6. The van der Waals surface area contributed by atoms with Crippen LogP contribution in [0.4, 0.5) is 5.82 Å². The van der Waals surface area contributed by atoms with Gasteiger partial charge in [0.25, 0.3) is 5.91 Å². The zero-order chi connectivity index (χ0) is 26.0. The number of benzene rings is 2. The lowest BCUT2D eigenvalue weighted by molar-refractivity contribution is -0.117. The number of carbonyl (C=O) groups is 2. The van der Waals surface area contributed by atoms with Crippen molar-refractivity contribution >= 4 is 17.6 Å². The second-order valence-corrected chi connectivity index (χ2v) is 10.6. The van der Waals surface area contributed by atoms with Crippen LogP contribution < -0.4 is 14.8 Å². The van der Waals surface area contributed by atoms with Crippen molar-refractivity contribution < 1.29 is 19.1 Å². The van der Waals surface area contributed by atoms with Crippen LogP contribution in [-0.2, 0) is 10.2 Å². The second kappa shape index (κ2) is 10.0. The Hall–Kier alpha value is -3.81. The van der Waals surface area contributed by atoms with Crippen LogP contribution >= 0.6 is 0 Å². The van der Waals surface area contributed by atoms with Gasteiger partial charge in [-0.1, -0.05) is 52.3 Å². The first kappa shape index (κ1) is 25.3. The number of aryl methyl sites for hydroxylation is 1. The molecule has 0 saturated heterocycles. The fraction of sp³-hybridized carbons (Fsp3) is 0.393. The average molecular weight is 491 g/mol. The topological polar surface area (TPSA) is 85.7 Å². The molecule has 0 aliphatic carbocycles. The number of fused-ring (bicyclic) bond motifs is 1. The van der Waals surface area contributed by atoms with E-state index in [2.05, 4.69) is 26.1 Å². The third kappa shape index (κ3) is 5.70. The van der Waals surface area contributed by atoms with Gasteiger partial charge in [0.2, 0.25) is 12.7 Å². The smallest absolute Gasteiger partial charge is 0.254 e. The molecule has 0 fully saturated rings. The summed E-state index contributed by atoms with van der Waals surface area (Å²) in [5.74, 6) is 1.36. The molecule has 1 N–H and O–H groups in total. The van der Waals surface area contributed by atoms with Gasteiger partial charge in [0.05, 0.1) is 11.4 Å². The van der Waals surface area contributed by atoms with Crippen molar-refractivity contribution in [2.75, 3.05) is 25.2 Å². The number of hydrogen-bond donors (Lipinski definition) is 1. The van der Waals surface area contributed by atoms with Crippen molar-refractivity contribution in [2.24, 2.45) is 5.92 Å². The quantitative estimate of drug-likeness (QED) is 0.507. The molecule has 190 valence electrons. The average Bonchev–Trinajstić information content (AvgIpc) is 3.45. The Morgan fingerprint density at radius 2 is 1.75 bits per heavy atom. The molecule has 0 saturated carbocycles. The molecular formula is C28H34N4O4. The number of ether oxygens (including phenoxy) is 2. The van der Waals surface area contributed by atoms with Crippen LogP contribution in [0, 0.1) is 12.8 Å². The molecule has 0 unspecified atom stereocenters. The van der Waals surface area contributed by atoms with E-state index in [9.17, 15) is 9.59 Å². The minimum atomic E-state index is -0.293. The number of hydrogen-bond acceptors (Lipinski definition) is 5. The Labute approximate surface area is 212 Å². The largest absolute Gasteiger partial charge is 0.454 e. The third-order valence-electron chi connectivity index (χ3n) is 5.85. The van der Waals surface area contributed by atoms with Crippen LogP contribution in [-0.4, -0.2) is 46.4 Å². The van der Waals surface area contributed by atoms with Crippen LogP contribution in [0.2, 0.25) is 0 Å². The predicted octanol–water partition coefficient (Wildman–Crippen LogP) is 4.94. The molecule has 0 atom stereocenters. The molecular weight excluding hydrogens is 456 g/mol. The highest BCUT2D eigenvalue weighted by Gasteiger charge is 2.25. The molecule has 0 spiro atoms. The number of rotatable bonds is 7. The van der Waals surface area contributed by atoms with Crippen LogP contribution in [0.5, 0.6) is 11.5 Å². The second-order valence-electron chi connectivity index (χ2n) is 10.6. The van der Waals surface area contributed by atoms with E-state index in [0.717, 1.165) is 16.9 Å². The van der Waals surface area contributed by atoms with E-state index in [1.54, 1.807) is 27.8 Å². The van der Waals surface area contributed by atoms with Gasteiger partial charge >= 0.3 is 0 Å². The van der Waals surface area contributed by atoms with Gasteiger partial charge in [-0.25, -0.2) is 4.68 Å². The summed E-state index contributed by atoms with van der Waals surface area (Å²) in [5, 5.41) is 7.76. The van der Waals surface area contributed by atoms with Gasteiger partial charge in [-0.2, -0.15) is 5.10 Å². The highest BCUT2D eigenvalue weighted by molar-refractivity contribution is 5.99. The maximum atomic E-state index is 13.4. The van der Waals surface area contributed by atoms with Crippen molar-refractivity contribution in [3.63, 3.8) is 0 Å². The van der Waals surface area contributed by atoms with E-state index in [1.807, 2.05) is 51.1 Å². The van der Waals surface area contributed by atoms with Crippen LogP contribution in [0.15, 0.2) is 48.5 Å². The van der Waals surface area contributed by atoms with Crippen LogP contribution in [0.25, 0.3) is 5.69 Å². The summed E-state index contributed by atoms with van der Waals surface area (Å²) in [6.45, 7) is 12.8. The highest BCUT2D eigenvalue weighted by Crippen LogP contribution is 2.33. The van der Waals surface area contributed by atoms with Crippen LogP contribution in [0.1, 0.15) is 56.2 Å². The molecule has 36 heavy (non-hydrogen) atoms. The van der Waals surface area contributed by atoms with Gasteiger partial charge in [0.1, 0.15) is 12.4 Å². The number of nitrogens with zero attached hydrogens (tertiary/aromatic N) is 3. The maximum Gasteiger partial charge on any atom is 0.254 e. The number of amides is 2. The summed E-state index contributed by atoms with van der Waals surface area (Å²) in [6, 6.07) is 14.9. The Morgan fingerprint density at radius 1 is 1.06 bits per heavy atom. The molecule has 1 aliphatic heterocycles. The monoisotopic (exact) mass is 490 g/mol. The summed E-state index contributed by atoms with van der Waals surface area (Å²) < 4.78 is 12.5. The van der Waals surface area contributed by atoms with Gasteiger partial charge in [-0.3, -0.25) is 9.59 Å². The molecule has 2 amide bonds. The molecule has 3 aromatic rings. The molecule has 1 aromatic heterocycles. The van der Waals surface area contributed by atoms with E-state index >= 15 is 0 Å².